The summed E-state index contributed by atoms with van der Waals surface area (Å²) >= 11 is 5.96. The van der Waals surface area contributed by atoms with Gasteiger partial charge in [0, 0.05) is 24.5 Å². The molecule has 0 bridgehead atoms. The van der Waals surface area contributed by atoms with Crippen molar-refractivity contribution in [2.75, 3.05) is 18.9 Å². The van der Waals surface area contributed by atoms with E-state index in [0.717, 1.165) is 0 Å². The van der Waals surface area contributed by atoms with Crippen molar-refractivity contribution in [1.29, 1.82) is 0 Å². The van der Waals surface area contributed by atoms with Gasteiger partial charge in [-0.05, 0) is 12.1 Å². The minimum absolute atomic E-state index is 0.0666. The second-order valence-electron chi connectivity index (χ2n) is 3.98. The Hall–Kier alpha value is -1.99. The molecule has 0 saturated heterocycles. The molecule has 0 atom stereocenters. The summed E-state index contributed by atoms with van der Waals surface area (Å²) in [6, 6.07) is 5.78. The largest absolute Gasteiger partial charge is 0.495 e. The fraction of sp³-hybridized carbons (Fsp3) is 0.154. The summed E-state index contributed by atoms with van der Waals surface area (Å²) < 4.78 is 37.5. The van der Waals surface area contributed by atoms with Gasteiger partial charge in [-0.2, -0.15) is 0 Å². The molecule has 21 heavy (non-hydrogen) atoms. The lowest BCUT2D eigenvalue weighted by atomic mass is 10.3. The predicted octanol–water partition coefficient (Wildman–Crippen LogP) is 2.55. The van der Waals surface area contributed by atoms with Gasteiger partial charge in [-0.3, -0.25) is 9.71 Å². The zero-order chi connectivity index (χ0) is 15.5. The van der Waals surface area contributed by atoms with Crippen LogP contribution in [0.1, 0.15) is 0 Å². The number of sulfonamides is 1. The molecular formula is C13H13ClN2O4S. The molecule has 0 spiro atoms. The van der Waals surface area contributed by atoms with E-state index in [-0.39, 0.29) is 21.4 Å². The van der Waals surface area contributed by atoms with Gasteiger partial charge in [-0.15, -0.1) is 0 Å². The second-order valence-corrected chi connectivity index (χ2v) is 6.04. The Morgan fingerprint density at radius 3 is 2.29 bits per heavy atom. The van der Waals surface area contributed by atoms with E-state index >= 15 is 0 Å². The second kappa shape index (κ2) is 6.19. The highest BCUT2D eigenvalue weighted by Gasteiger charge is 2.22. The Labute approximate surface area is 127 Å². The van der Waals surface area contributed by atoms with Crippen molar-refractivity contribution < 1.29 is 17.9 Å². The van der Waals surface area contributed by atoms with Gasteiger partial charge in [-0.25, -0.2) is 8.42 Å². The number of pyridine rings is 1. The van der Waals surface area contributed by atoms with Crippen LogP contribution in [0, 0.1) is 0 Å². The van der Waals surface area contributed by atoms with Crippen molar-refractivity contribution in [1.82, 2.24) is 4.98 Å². The zero-order valence-electron chi connectivity index (χ0n) is 11.3. The normalized spacial score (nSPS) is 11.0. The summed E-state index contributed by atoms with van der Waals surface area (Å²) in [5, 5.41) is 0.261. The molecule has 1 aromatic carbocycles. The number of hydrogen-bond donors (Lipinski definition) is 1. The topological polar surface area (TPSA) is 77.5 Å². The van der Waals surface area contributed by atoms with E-state index in [2.05, 4.69) is 9.71 Å². The molecule has 8 heteroatoms. The molecule has 0 aliphatic heterocycles. The first-order chi connectivity index (χ1) is 9.97. The van der Waals surface area contributed by atoms with Gasteiger partial charge in [0.1, 0.15) is 16.4 Å². The van der Waals surface area contributed by atoms with E-state index in [9.17, 15) is 8.42 Å². The van der Waals surface area contributed by atoms with Gasteiger partial charge >= 0.3 is 0 Å². The van der Waals surface area contributed by atoms with Crippen molar-refractivity contribution in [3.63, 3.8) is 0 Å². The van der Waals surface area contributed by atoms with Crippen LogP contribution in [0.15, 0.2) is 41.6 Å². The van der Waals surface area contributed by atoms with Gasteiger partial charge in [0.2, 0.25) is 0 Å². The molecule has 1 heterocycles. The summed E-state index contributed by atoms with van der Waals surface area (Å²) in [5.41, 5.74) is 0.390. The Balaban J connectivity index is 2.48. The number of nitrogens with zero attached hydrogens (tertiary/aromatic N) is 1. The van der Waals surface area contributed by atoms with Crippen LogP contribution in [0.5, 0.6) is 11.5 Å². The lowest BCUT2D eigenvalue weighted by Crippen LogP contribution is -2.14. The Kier molecular flexibility index (Phi) is 4.54. The van der Waals surface area contributed by atoms with Gasteiger partial charge in [0.05, 0.1) is 24.9 Å². The van der Waals surface area contributed by atoms with Crippen LogP contribution < -0.4 is 14.2 Å². The fourth-order valence-electron chi connectivity index (χ4n) is 1.67. The van der Waals surface area contributed by atoms with E-state index in [1.165, 1.54) is 50.9 Å². The number of aromatic nitrogens is 1. The summed E-state index contributed by atoms with van der Waals surface area (Å²) in [4.78, 5) is 3.76. The number of ether oxygens (including phenoxy) is 2. The predicted molar refractivity (Wildman–Crippen MR) is 79.6 cm³/mol. The van der Waals surface area contributed by atoms with Gasteiger partial charge in [0.15, 0.2) is 0 Å². The number of halogens is 1. The summed E-state index contributed by atoms with van der Waals surface area (Å²) in [7, 11) is -1.08. The number of methoxy groups -OCH3 is 2. The molecule has 0 fully saturated rings. The van der Waals surface area contributed by atoms with E-state index in [4.69, 9.17) is 21.1 Å². The maximum atomic E-state index is 12.5. The molecule has 1 N–H and O–H groups in total. The average Bonchev–Trinajstić information content (AvgIpc) is 2.47. The first kappa shape index (κ1) is 15.4. The molecule has 2 aromatic rings. The first-order valence-corrected chi connectivity index (χ1v) is 7.68. The molecule has 6 nitrogen and oxygen atoms in total. The number of benzene rings is 1. The van der Waals surface area contributed by atoms with E-state index in [1.807, 2.05) is 0 Å². The molecule has 0 radical (unpaired) electrons. The van der Waals surface area contributed by atoms with Gasteiger partial charge < -0.3 is 9.47 Å². The maximum Gasteiger partial charge on any atom is 0.265 e. The third kappa shape index (κ3) is 3.37. The molecular weight excluding hydrogens is 316 g/mol. The fourth-order valence-corrected chi connectivity index (χ4v) is 3.13. The van der Waals surface area contributed by atoms with Crippen LogP contribution in [0.25, 0.3) is 0 Å². The SMILES string of the molecule is COc1cc(S(=O)(=O)Nc2ccncc2)c(OC)cc1Cl. The van der Waals surface area contributed by atoms with Crippen molar-refractivity contribution >= 4 is 27.3 Å². The third-order valence-corrected chi connectivity index (χ3v) is 4.36. The number of rotatable bonds is 5. The highest BCUT2D eigenvalue weighted by molar-refractivity contribution is 7.92. The van der Waals surface area contributed by atoms with Crippen molar-refractivity contribution in [3.8, 4) is 11.5 Å². The average molecular weight is 329 g/mol. The monoisotopic (exact) mass is 328 g/mol. The molecule has 0 saturated carbocycles. The molecule has 0 unspecified atom stereocenters. The van der Waals surface area contributed by atoms with Crippen molar-refractivity contribution in [2.45, 2.75) is 4.90 Å². The summed E-state index contributed by atoms with van der Waals surface area (Å²) in [5.74, 6) is 0.370. The first-order valence-electron chi connectivity index (χ1n) is 5.82. The van der Waals surface area contributed by atoms with Crippen LogP contribution in [0.2, 0.25) is 5.02 Å². The summed E-state index contributed by atoms with van der Waals surface area (Å²) in [6.45, 7) is 0. The molecule has 2 rings (SSSR count). The quantitative estimate of drug-likeness (QED) is 0.912. The molecule has 112 valence electrons. The van der Waals surface area contributed by atoms with Crippen molar-refractivity contribution in [2.24, 2.45) is 0 Å². The Bertz CT molecular complexity index is 735. The Morgan fingerprint density at radius 1 is 1.10 bits per heavy atom. The van der Waals surface area contributed by atoms with E-state index < -0.39 is 10.0 Å². The molecule has 0 aliphatic carbocycles. The van der Waals surface area contributed by atoms with Crippen LogP contribution in [0.3, 0.4) is 0 Å². The molecule has 1 aromatic heterocycles. The lowest BCUT2D eigenvalue weighted by molar-refractivity contribution is 0.392. The molecule has 0 aliphatic rings. The zero-order valence-corrected chi connectivity index (χ0v) is 12.9. The highest BCUT2D eigenvalue weighted by Crippen LogP contribution is 2.35. The van der Waals surface area contributed by atoms with E-state index in [0.29, 0.717) is 5.69 Å². The maximum absolute atomic E-state index is 12.5. The Morgan fingerprint density at radius 2 is 1.71 bits per heavy atom. The van der Waals surface area contributed by atoms with Gasteiger partial charge in [0.25, 0.3) is 10.0 Å². The number of anilines is 1. The van der Waals surface area contributed by atoms with Crippen molar-refractivity contribution in [3.05, 3.63) is 41.7 Å². The lowest BCUT2D eigenvalue weighted by Gasteiger charge is -2.13. The highest BCUT2D eigenvalue weighted by atomic mass is 35.5. The number of nitrogens with one attached hydrogen (secondary N) is 1. The van der Waals surface area contributed by atoms with E-state index in [1.54, 1.807) is 0 Å². The van der Waals surface area contributed by atoms with Crippen LogP contribution >= 0.6 is 11.6 Å². The number of hydrogen-bond acceptors (Lipinski definition) is 5. The minimum Gasteiger partial charge on any atom is -0.495 e. The van der Waals surface area contributed by atoms with Crippen LogP contribution in [-0.2, 0) is 10.0 Å². The minimum atomic E-state index is -3.85. The summed E-state index contributed by atoms with van der Waals surface area (Å²) in [6.07, 6.45) is 2.97. The van der Waals surface area contributed by atoms with Crippen LogP contribution in [-0.4, -0.2) is 27.6 Å². The molecule has 0 amide bonds. The van der Waals surface area contributed by atoms with Crippen LogP contribution in [0.4, 0.5) is 5.69 Å². The smallest absolute Gasteiger partial charge is 0.265 e. The van der Waals surface area contributed by atoms with Gasteiger partial charge in [-0.1, -0.05) is 11.6 Å². The standard InChI is InChI=1S/C13H13ClN2O4S/c1-19-11-8-13(12(20-2)7-10(11)14)21(17,18)16-9-3-5-15-6-4-9/h3-8H,1-2H3,(H,15,16). The third-order valence-electron chi connectivity index (χ3n) is 2.66.